The summed E-state index contributed by atoms with van der Waals surface area (Å²) >= 11 is 12.2. The van der Waals surface area contributed by atoms with E-state index in [0.717, 1.165) is 0 Å². The first-order chi connectivity index (χ1) is 19.2. The molecule has 3 aromatic heterocycles. The maximum atomic E-state index is 13.4. The van der Waals surface area contributed by atoms with Crippen molar-refractivity contribution in [3.8, 4) is 22.6 Å². The molecule has 0 aliphatic carbocycles. The van der Waals surface area contributed by atoms with E-state index in [2.05, 4.69) is 15.4 Å². The second-order valence-electron chi connectivity index (χ2n) is 9.00. The molecule has 5 aromatic rings. The van der Waals surface area contributed by atoms with Crippen molar-refractivity contribution < 1.29 is 18.3 Å². The van der Waals surface area contributed by atoms with E-state index in [1.807, 2.05) is 0 Å². The molecule has 9 nitrogen and oxygen atoms in total. The van der Waals surface area contributed by atoms with Crippen LogP contribution in [0.4, 0.5) is 8.78 Å². The SMILES string of the molecule is CC[C@@H](C(=O)Cc1ccc2nn(C(F)F)cc2c1)n1cc(OC)c(-c2cc(Cl)ccc2-n2cc(Cl)nn2)cc1=O. The third kappa shape index (κ3) is 5.34. The van der Waals surface area contributed by atoms with Crippen LogP contribution in [0.2, 0.25) is 10.2 Å². The van der Waals surface area contributed by atoms with Crippen molar-refractivity contribution in [1.82, 2.24) is 29.3 Å². The van der Waals surface area contributed by atoms with Gasteiger partial charge in [-0.1, -0.05) is 41.4 Å². The Morgan fingerprint density at radius 1 is 1.05 bits per heavy atom. The van der Waals surface area contributed by atoms with Crippen LogP contribution in [-0.4, -0.2) is 42.2 Å². The molecular weight excluding hydrogens is 565 g/mol. The van der Waals surface area contributed by atoms with E-state index in [-0.39, 0.29) is 17.4 Å². The molecule has 0 saturated heterocycles. The molecule has 0 aliphatic rings. The van der Waals surface area contributed by atoms with Gasteiger partial charge in [0.1, 0.15) is 5.75 Å². The molecule has 0 fully saturated rings. The first kappa shape index (κ1) is 27.5. The van der Waals surface area contributed by atoms with Crippen molar-refractivity contribution in [2.75, 3.05) is 7.11 Å². The lowest BCUT2D eigenvalue weighted by atomic mass is 9.99. The number of hydrogen-bond acceptors (Lipinski definition) is 6. The molecule has 13 heteroatoms. The van der Waals surface area contributed by atoms with Crippen LogP contribution in [-0.2, 0) is 11.2 Å². The van der Waals surface area contributed by atoms with Gasteiger partial charge in [0.15, 0.2) is 10.9 Å². The number of nitrogens with zero attached hydrogens (tertiary/aromatic N) is 6. The number of pyridine rings is 1. The highest BCUT2D eigenvalue weighted by molar-refractivity contribution is 6.31. The third-order valence-corrected chi connectivity index (χ3v) is 6.89. The lowest BCUT2D eigenvalue weighted by Gasteiger charge is -2.20. The number of alkyl halides is 2. The number of fused-ring (bicyclic) bond motifs is 1. The predicted octanol–water partition coefficient (Wildman–Crippen LogP) is 5.92. The van der Waals surface area contributed by atoms with Gasteiger partial charge in [0, 0.05) is 40.2 Å². The number of ether oxygens (including phenoxy) is 1. The average Bonchev–Trinajstić information content (AvgIpc) is 3.56. The maximum absolute atomic E-state index is 13.4. The summed E-state index contributed by atoms with van der Waals surface area (Å²) in [6.45, 7) is -0.960. The van der Waals surface area contributed by atoms with Crippen molar-refractivity contribution in [3.05, 3.63) is 87.1 Å². The number of carbonyl (C=O) groups excluding carboxylic acids is 1. The number of carbonyl (C=O) groups is 1. The number of halogens is 4. The van der Waals surface area contributed by atoms with Gasteiger partial charge in [-0.25, -0.2) is 9.36 Å². The molecule has 0 radical (unpaired) electrons. The second kappa shape index (κ2) is 11.2. The number of ketones is 1. The number of hydrogen-bond donors (Lipinski definition) is 0. The number of benzene rings is 2. The number of Topliss-reactive ketones (excluding diaryl/α,β-unsaturated/α-hetero) is 1. The molecule has 0 spiro atoms. The molecule has 1 atom stereocenters. The fraction of sp³-hybridized carbons (Fsp3) is 0.222. The van der Waals surface area contributed by atoms with Gasteiger partial charge < -0.3 is 9.30 Å². The van der Waals surface area contributed by atoms with Gasteiger partial charge in [0.05, 0.1) is 36.7 Å². The van der Waals surface area contributed by atoms with Crippen molar-refractivity contribution in [3.63, 3.8) is 0 Å². The molecule has 2 aromatic carbocycles. The molecule has 0 unspecified atom stereocenters. The highest BCUT2D eigenvalue weighted by Gasteiger charge is 2.23. The van der Waals surface area contributed by atoms with Crippen molar-refractivity contribution in [2.45, 2.75) is 32.4 Å². The topological polar surface area (TPSA) is 96.8 Å². The Morgan fingerprint density at radius 3 is 2.52 bits per heavy atom. The zero-order valence-electron chi connectivity index (χ0n) is 21.3. The molecular formula is C27H22Cl2F2N6O3. The lowest BCUT2D eigenvalue weighted by Crippen LogP contribution is -2.30. The Morgan fingerprint density at radius 2 is 1.85 bits per heavy atom. The summed E-state index contributed by atoms with van der Waals surface area (Å²) in [6, 6.07) is 10.6. The van der Waals surface area contributed by atoms with E-state index in [1.54, 1.807) is 43.3 Å². The largest absolute Gasteiger partial charge is 0.495 e. The Labute approximate surface area is 236 Å². The number of methoxy groups -OCH3 is 1. The summed E-state index contributed by atoms with van der Waals surface area (Å²) in [5, 5.41) is 12.8. The summed E-state index contributed by atoms with van der Waals surface area (Å²) in [6.07, 6.45) is 4.59. The van der Waals surface area contributed by atoms with Crippen LogP contribution in [0.25, 0.3) is 27.7 Å². The molecule has 0 aliphatic heterocycles. The van der Waals surface area contributed by atoms with Crippen LogP contribution >= 0.6 is 23.2 Å². The zero-order chi connectivity index (χ0) is 28.6. The first-order valence-electron chi connectivity index (χ1n) is 12.2. The van der Waals surface area contributed by atoms with Crippen LogP contribution < -0.4 is 10.3 Å². The normalized spacial score (nSPS) is 12.3. The Kier molecular flexibility index (Phi) is 7.68. The highest BCUT2D eigenvalue weighted by atomic mass is 35.5. The first-order valence-corrected chi connectivity index (χ1v) is 12.9. The van der Waals surface area contributed by atoms with Gasteiger partial charge >= 0.3 is 6.55 Å². The summed E-state index contributed by atoms with van der Waals surface area (Å²) in [4.78, 5) is 26.8. The molecule has 0 amide bonds. The zero-order valence-corrected chi connectivity index (χ0v) is 22.8. The summed E-state index contributed by atoms with van der Waals surface area (Å²) in [7, 11) is 1.46. The average molecular weight is 587 g/mol. The van der Waals surface area contributed by atoms with Gasteiger partial charge in [-0.05, 0) is 42.3 Å². The Balaban J connectivity index is 1.50. The number of rotatable bonds is 9. The quantitative estimate of drug-likeness (QED) is 0.213. The number of aromatic nitrogens is 6. The fourth-order valence-electron chi connectivity index (χ4n) is 4.63. The Hall–Kier alpha value is -4.09. The molecule has 0 bridgehead atoms. The van der Waals surface area contributed by atoms with Crippen LogP contribution in [0.15, 0.2) is 65.8 Å². The summed E-state index contributed by atoms with van der Waals surface area (Å²) in [5.74, 6) is 0.113. The molecule has 0 saturated carbocycles. The monoisotopic (exact) mass is 586 g/mol. The minimum atomic E-state index is -2.76. The molecule has 3 heterocycles. The molecule has 206 valence electrons. The third-order valence-electron chi connectivity index (χ3n) is 6.48. The minimum absolute atomic E-state index is 0.00366. The molecule has 0 N–H and O–H groups in total. The van der Waals surface area contributed by atoms with Crippen LogP contribution in [0.3, 0.4) is 0 Å². The van der Waals surface area contributed by atoms with Gasteiger partial charge in [-0.3, -0.25) is 9.59 Å². The molecule has 5 rings (SSSR count). The maximum Gasteiger partial charge on any atom is 0.333 e. The smallest absolute Gasteiger partial charge is 0.333 e. The van der Waals surface area contributed by atoms with Gasteiger partial charge in [-0.15, -0.1) is 5.10 Å². The van der Waals surface area contributed by atoms with E-state index in [4.69, 9.17) is 27.9 Å². The standard InChI is InChI=1S/C27H22Cl2F2N6O3/c1-3-21(23(38)9-15-4-6-20-16(8-15)12-37(33-20)27(30)31)35-13-24(40-2)19(11-26(35)39)18-10-17(28)5-7-22(18)36-14-25(29)32-34-36/h4-8,10-14,21,27H,3,9H2,1-2H3/t21-/m0/s1. The Bertz CT molecular complexity index is 1780. The van der Waals surface area contributed by atoms with E-state index < -0.39 is 18.2 Å². The predicted molar refractivity (Wildman–Crippen MR) is 147 cm³/mol. The van der Waals surface area contributed by atoms with Crippen molar-refractivity contribution in [1.29, 1.82) is 0 Å². The summed E-state index contributed by atoms with van der Waals surface area (Å²) < 4.78 is 35.0. The van der Waals surface area contributed by atoms with Crippen LogP contribution in [0, 0.1) is 0 Å². The minimum Gasteiger partial charge on any atom is -0.495 e. The van der Waals surface area contributed by atoms with E-state index >= 15 is 0 Å². The van der Waals surface area contributed by atoms with Crippen LogP contribution in [0.1, 0.15) is 31.5 Å². The van der Waals surface area contributed by atoms with Gasteiger partial charge in [0.25, 0.3) is 5.56 Å². The van der Waals surface area contributed by atoms with Crippen molar-refractivity contribution in [2.24, 2.45) is 0 Å². The van der Waals surface area contributed by atoms with E-state index in [9.17, 15) is 18.4 Å². The van der Waals surface area contributed by atoms with Gasteiger partial charge in [0.2, 0.25) is 0 Å². The molecule has 40 heavy (non-hydrogen) atoms. The van der Waals surface area contributed by atoms with E-state index in [0.29, 0.717) is 55.2 Å². The van der Waals surface area contributed by atoms with Crippen molar-refractivity contribution >= 4 is 39.9 Å². The second-order valence-corrected chi connectivity index (χ2v) is 9.82. The highest BCUT2D eigenvalue weighted by Crippen LogP contribution is 2.35. The van der Waals surface area contributed by atoms with Crippen LogP contribution in [0.5, 0.6) is 5.75 Å². The lowest BCUT2D eigenvalue weighted by molar-refractivity contribution is -0.121. The summed E-state index contributed by atoms with van der Waals surface area (Å²) in [5.41, 5.74) is 2.15. The van der Waals surface area contributed by atoms with Gasteiger partial charge in [-0.2, -0.15) is 13.9 Å². The fourth-order valence-corrected chi connectivity index (χ4v) is 4.93. The van der Waals surface area contributed by atoms with E-state index in [1.165, 1.54) is 41.0 Å².